The Morgan fingerprint density at radius 3 is 2.50 bits per heavy atom. The zero-order valence-electron chi connectivity index (χ0n) is 10.4. The minimum absolute atomic E-state index is 0.01000. The fraction of sp³-hybridized carbons (Fsp3) is 0.333. The van der Waals surface area contributed by atoms with E-state index in [9.17, 15) is 0 Å². The van der Waals surface area contributed by atoms with E-state index in [0.29, 0.717) is 5.15 Å². The van der Waals surface area contributed by atoms with E-state index in [2.05, 4.69) is 41.2 Å². The number of hydrogen-bond acceptors (Lipinski definition) is 2. The van der Waals surface area contributed by atoms with Gasteiger partial charge in [0.25, 0.3) is 0 Å². The fourth-order valence-corrected chi connectivity index (χ4v) is 2.59. The van der Waals surface area contributed by atoms with Crippen LogP contribution in [0.3, 0.4) is 0 Å². The fourth-order valence-electron chi connectivity index (χ4n) is 2.38. The number of aryl methyl sites for hydroxylation is 1. The molecule has 1 aliphatic rings. The van der Waals surface area contributed by atoms with Crippen LogP contribution in [0, 0.1) is 0 Å². The number of benzene rings is 1. The first kappa shape index (κ1) is 11.7. The van der Waals surface area contributed by atoms with Crippen molar-refractivity contribution in [1.29, 1.82) is 0 Å². The predicted molar refractivity (Wildman–Crippen MR) is 72.9 cm³/mol. The Labute approximate surface area is 112 Å². The lowest BCUT2D eigenvalue weighted by molar-refractivity contribution is 0.740. The number of nitrogens with zero attached hydrogens (tertiary/aromatic N) is 2. The lowest BCUT2D eigenvalue weighted by atomic mass is 9.95. The van der Waals surface area contributed by atoms with Crippen molar-refractivity contribution in [2.24, 2.45) is 0 Å². The van der Waals surface area contributed by atoms with Crippen molar-refractivity contribution in [2.45, 2.75) is 31.6 Å². The molecule has 0 atom stereocenters. The third-order valence-corrected chi connectivity index (χ3v) is 3.81. The van der Waals surface area contributed by atoms with Crippen LogP contribution < -0.4 is 0 Å². The molecule has 2 nitrogen and oxygen atoms in total. The summed E-state index contributed by atoms with van der Waals surface area (Å²) in [6.07, 6.45) is 3.11. The molecule has 92 valence electrons. The zero-order valence-corrected chi connectivity index (χ0v) is 11.1. The Hall–Kier alpha value is -1.41. The molecule has 1 aromatic carbocycles. The van der Waals surface area contributed by atoms with Crippen molar-refractivity contribution in [3.63, 3.8) is 0 Å². The zero-order chi connectivity index (χ0) is 12.6. The van der Waals surface area contributed by atoms with Crippen molar-refractivity contribution < 1.29 is 0 Å². The third kappa shape index (κ3) is 1.91. The summed E-state index contributed by atoms with van der Waals surface area (Å²) in [7, 11) is 0. The molecule has 1 heterocycles. The summed E-state index contributed by atoms with van der Waals surface area (Å²) in [5.74, 6) is 0.887. The molecule has 0 aliphatic heterocycles. The highest BCUT2D eigenvalue weighted by atomic mass is 35.5. The first-order valence-electron chi connectivity index (χ1n) is 6.34. The molecule has 3 rings (SSSR count). The van der Waals surface area contributed by atoms with Crippen LogP contribution in [0.4, 0.5) is 0 Å². The second-order valence-corrected chi connectivity index (χ2v) is 5.19. The number of rotatable bonds is 3. The normalized spacial score (nSPS) is 16.6. The molecule has 0 bridgehead atoms. The Balaban J connectivity index is 2.07. The van der Waals surface area contributed by atoms with E-state index in [1.165, 1.54) is 5.56 Å². The Morgan fingerprint density at radius 2 is 1.89 bits per heavy atom. The smallest absolute Gasteiger partial charge is 0.140 e. The van der Waals surface area contributed by atoms with Crippen LogP contribution in [-0.4, -0.2) is 9.97 Å². The topological polar surface area (TPSA) is 25.8 Å². The van der Waals surface area contributed by atoms with Crippen molar-refractivity contribution in [1.82, 2.24) is 9.97 Å². The van der Waals surface area contributed by atoms with E-state index < -0.39 is 0 Å². The van der Waals surface area contributed by atoms with Gasteiger partial charge in [-0.1, -0.05) is 48.9 Å². The lowest BCUT2D eigenvalue weighted by Crippen LogP contribution is -2.14. The van der Waals surface area contributed by atoms with E-state index >= 15 is 0 Å². The Kier molecular flexibility index (Phi) is 2.83. The van der Waals surface area contributed by atoms with Crippen LogP contribution in [0.2, 0.25) is 5.15 Å². The number of aromatic nitrogens is 2. The summed E-state index contributed by atoms with van der Waals surface area (Å²) in [5.41, 5.74) is 2.33. The molecule has 0 saturated heterocycles. The van der Waals surface area contributed by atoms with Crippen molar-refractivity contribution >= 4 is 11.6 Å². The predicted octanol–water partition coefficient (Wildman–Crippen LogP) is 3.77. The van der Waals surface area contributed by atoms with Crippen LogP contribution in [0.5, 0.6) is 0 Å². The van der Waals surface area contributed by atoms with Gasteiger partial charge in [-0.3, -0.25) is 0 Å². The lowest BCUT2D eigenvalue weighted by Gasteiger charge is -2.15. The van der Waals surface area contributed by atoms with Gasteiger partial charge in [0.2, 0.25) is 0 Å². The van der Waals surface area contributed by atoms with E-state index in [0.717, 1.165) is 30.8 Å². The molecule has 1 aromatic heterocycles. The van der Waals surface area contributed by atoms with Gasteiger partial charge in [-0.2, -0.15) is 0 Å². The second-order valence-electron chi connectivity index (χ2n) is 4.81. The monoisotopic (exact) mass is 258 g/mol. The summed E-state index contributed by atoms with van der Waals surface area (Å²) < 4.78 is 0. The molecule has 2 aromatic rings. The van der Waals surface area contributed by atoms with Gasteiger partial charge in [0, 0.05) is 5.69 Å². The highest BCUT2D eigenvalue weighted by molar-refractivity contribution is 6.29. The third-order valence-electron chi connectivity index (χ3n) is 3.61. The van der Waals surface area contributed by atoms with Crippen molar-refractivity contribution in [3.8, 4) is 0 Å². The van der Waals surface area contributed by atoms with Gasteiger partial charge in [0.15, 0.2) is 0 Å². The van der Waals surface area contributed by atoms with Crippen LogP contribution in [0.15, 0.2) is 36.4 Å². The molecule has 18 heavy (non-hydrogen) atoms. The highest BCUT2D eigenvalue weighted by Crippen LogP contribution is 2.52. The van der Waals surface area contributed by atoms with E-state index in [4.69, 9.17) is 11.6 Å². The summed E-state index contributed by atoms with van der Waals surface area (Å²) >= 11 is 6.10. The average Bonchev–Trinajstić information content (AvgIpc) is 3.20. The minimum Gasteiger partial charge on any atom is -0.237 e. The molecular weight excluding hydrogens is 244 g/mol. The van der Waals surface area contributed by atoms with E-state index in [-0.39, 0.29) is 5.41 Å². The van der Waals surface area contributed by atoms with Gasteiger partial charge in [-0.05, 0) is 30.9 Å². The molecule has 0 unspecified atom stereocenters. The molecule has 3 heteroatoms. The molecule has 1 aliphatic carbocycles. The number of hydrogen-bond donors (Lipinski definition) is 0. The number of halogens is 1. The summed E-state index contributed by atoms with van der Waals surface area (Å²) in [6.45, 7) is 2.09. The Bertz CT molecular complexity index is 562. The molecule has 0 N–H and O–H groups in total. The van der Waals surface area contributed by atoms with E-state index in [1.54, 1.807) is 0 Å². The van der Waals surface area contributed by atoms with Crippen LogP contribution in [-0.2, 0) is 11.8 Å². The molecule has 0 radical (unpaired) electrons. The van der Waals surface area contributed by atoms with Gasteiger partial charge < -0.3 is 0 Å². The molecule has 0 spiro atoms. The van der Waals surface area contributed by atoms with Crippen LogP contribution in [0.25, 0.3) is 0 Å². The first-order valence-corrected chi connectivity index (χ1v) is 6.72. The van der Waals surface area contributed by atoms with Gasteiger partial charge in [0.05, 0.1) is 5.41 Å². The van der Waals surface area contributed by atoms with Crippen LogP contribution in [0.1, 0.15) is 36.8 Å². The highest BCUT2D eigenvalue weighted by Gasteiger charge is 2.48. The largest absolute Gasteiger partial charge is 0.237 e. The minimum atomic E-state index is 0.01000. The van der Waals surface area contributed by atoms with E-state index in [1.807, 2.05) is 12.1 Å². The SMILES string of the molecule is CCc1cc(Cl)nc(C2(c3ccccc3)CC2)n1. The maximum Gasteiger partial charge on any atom is 0.140 e. The standard InChI is InChI=1S/C15H15ClN2/c1-2-12-10-13(16)18-14(17-12)15(8-9-15)11-6-4-3-5-7-11/h3-7,10H,2,8-9H2,1H3. The van der Waals surface area contributed by atoms with Crippen molar-refractivity contribution in [3.05, 3.63) is 58.6 Å². The maximum atomic E-state index is 6.10. The Morgan fingerprint density at radius 1 is 1.17 bits per heavy atom. The van der Waals surface area contributed by atoms with Gasteiger partial charge in [0.1, 0.15) is 11.0 Å². The van der Waals surface area contributed by atoms with Gasteiger partial charge in [-0.25, -0.2) is 9.97 Å². The second kappa shape index (κ2) is 4.36. The maximum absolute atomic E-state index is 6.10. The quantitative estimate of drug-likeness (QED) is 0.783. The summed E-state index contributed by atoms with van der Waals surface area (Å²) in [6, 6.07) is 12.3. The van der Waals surface area contributed by atoms with Crippen LogP contribution >= 0.6 is 11.6 Å². The molecule has 0 amide bonds. The summed E-state index contributed by atoms with van der Waals surface area (Å²) in [4.78, 5) is 9.11. The molecule has 1 fully saturated rings. The molecular formula is C15H15ClN2. The average molecular weight is 259 g/mol. The summed E-state index contributed by atoms with van der Waals surface area (Å²) in [5, 5.41) is 0.555. The van der Waals surface area contributed by atoms with Gasteiger partial charge in [-0.15, -0.1) is 0 Å². The van der Waals surface area contributed by atoms with Gasteiger partial charge >= 0.3 is 0 Å². The van der Waals surface area contributed by atoms with Crippen molar-refractivity contribution in [2.75, 3.05) is 0 Å². The molecule has 1 saturated carbocycles. The first-order chi connectivity index (χ1) is 8.74.